The van der Waals surface area contributed by atoms with Gasteiger partial charge in [0.25, 0.3) is 5.69 Å². The minimum atomic E-state index is -0.476. The number of hydrogen-bond donors (Lipinski definition) is 1. The van der Waals surface area contributed by atoms with Crippen LogP contribution in [0.1, 0.15) is 5.56 Å². The Labute approximate surface area is 198 Å². The quantitative estimate of drug-likeness (QED) is 0.295. The van der Waals surface area contributed by atoms with Crippen molar-refractivity contribution in [1.82, 2.24) is 14.8 Å². The van der Waals surface area contributed by atoms with E-state index in [1.807, 2.05) is 23.6 Å². The third-order valence-electron chi connectivity index (χ3n) is 5.06. The van der Waals surface area contributed by atoms with Gasteiger partial charge in [-0.1, -0.05) is 12.1 Å². The van der Waals surface area contributed by atoms with Gasteiger partial charge in [0, 0.05) is 36.2 Å². The summed E-state index contributed by atoms with van der Waals surface area (Å²) in [6, 6.07) is 13.2. The normalized spacial score (nSPS) is 10.7. The van der Waals surface area contributed by atoms with Gasteiger partial charge in [0.2, 0.25) is 5.91 Å². The van der Waals surface area contributed by atoms with Crippen molar-refractivity contribution in [3.63, 3.8) is 0 Å². The first kappa shape index (κ1) is 22.9. The number of aromatic nitrogens is 3. The second-order valence-corrected chi connectivity index (χ2v) is 8.15. The molecule has 0 atom stereocenters. The summed E-state index contributed by atoms with van der Waals surface area (Å²) in [6.07, 6.45) is 0.0825. The number of nitro groups is 1. The van der Waals surface area contributed by atoms with Crippen LogP contribution in [0.4, 0.5) is 11.5 Å². The summed E-state index contributed by atoms with van der Waals surface area (Å²) in [5.41, 5.74) is 2.94. The number of methoxy groups -OCH3 is 2. The van der Waals surface area contributed by atoms with Crippen molar-refractivity contribution in [3.05, 3.63) is 69.6 Å². The number of rotatable bonds is 8. The van der Waals surface area contributed by atoms with Crippen molar-refractivity contribution in [1.29, 1.82) is 0 Å². The smallest absolute Gasteiger partial charge is 0.269 e. The van der Waals surface area contributed by atoms with Crippen LogP contribution in [0.15, 0.2) is 53.9 Å². The Balaban J connectivity index is 1.47. The first-order valence-electron chi connectivity index (χ1n) is 10.1. The molecule has 1 N–H and O–H groups in total. The van der Waals surface area contributed by atoms with Crippen LogP contribution < -0.4 is 14.8 Å². The van der Waals surface area contributed by atoms with Crippen molar-refractivity contribution < 1.29 is 19.2 Å². The fourth-order valence-electron chi connectivity index (χ4n) is 3.32. The maximum absolute atomic E-state index is 12.5. The molecule has 11 heteroatoms. The molecule has 0 aliphatic heterocycles. The van der Waals surface area contributed by atoms with Crippen molar-refractivity contribution in [2.45, 2.75) is 6.42 Å². The second kappa shape index (κ2) is 9.71. The van der Waals surface area contributed by atoms with Gasteiger partial charge in [0.15, 0.2) is 11.5 Å². The number of ether oxygens (including phenoxy) is 2. The zero-order valence-corrected chi connectivity index (χ0v) is 19.5. The molecule has 34 heavy (non-hydrogen) atoms. The van der Waals surface area contributed by atoms with Crippen LogP contribution in [-0.4, -0.2) is 39.8 Å². The van der Waals surface area contributed by atoms with Crippen LogP contribution in [-0.2, 0) is 18.3 Å². The van der Waals surface area contributed by atoms with E-state index in [4.69, 9.17) is 9.47 Å². The molecule has 2 aromatic heterocycles. The second-order valence-electron chi connectivity index (χ2n) is 7.29. The van der Waals surface area contributed by atoms with Gasteiger partial charge >= 0.3 is 0 Å². The zero-order valence-electron chi connectivity index (χ0n) is 18.6. The Hall–Kier alpha value is -4.25. The lowest BCUT2D eigenvalue weighted by Crippen LogP contribution is -2.16. The van der Waals surface area contributed by atoms with E-state index < -0.39 is 4.92 Å². The molecular weight excluding hydrogens is 458 g/mol. The standard InChI is InChI=1S/C23H21N5O5S/c1-27-21(25-22(29)10-14-4-7-16(8-5-14)28(30)31)12-17(26-27)23-24-18(13-34-23)15-6-9-19(32-2)20(11-15)33-3/h4-9,11-13H,10H2,1-3H3,(H,25,29). The summed E-state index contributed by atoms with van der Waals surface area (Å²) in [5, 5.41) is 20.7. The molecule has 2 heterocycles. The number of thiazole rings is 1. The first-order chi connectivity index (χ1) is 16.4. The lowest BCUT2D eigenvalue weighted by atomic mass is 10.1. The van der Waals surface area contributed by atoms with Crippen LogP contribution in [0.3, 0.4) is 0 Å². The van der Waals surface area contributed by atoms with Gasteiger partial charge in [-0.05, 0) is 23.8 Å². The lowest BCUT2D eigenvalue weighted by molar-refractivity contribution is -0.384. The van der Waals surface area contributed by atoms with Crippen molar-refractivity contribution in [3.8, 4) is 33.5 Å². The molecule has 0 fully saturated rings. The number of amides is 1. The number of carbonyl (C=O) groups excluding carboxylic acids is 1. The summed E-state index contributed by atoms with van der Waals surface area (Å²) >= 11 is 1.44. The van der Waals surface area contributed by atoms with Gasteiger partial charge in [0.05, 0.1) is 31.3 Å². The van der Waals surface area contributed by atoms with Crippen molar-refractivity contribution >= 4 is 28.7 Å². The summed E-state index contributed by atoms with van der Waals surface area (Å²) < 4.78 is 12.2. The molecule has 0 aliphatic carbocycles. The van der Waals surface area contributed by atoms with Crippen LogP contribution >= 0.6 is 11.3 Å². The van der Waals surface area contributed by atoms with Gasteiger partial charge in [-0.25, -0.2) is 4.98 Å². The lowest BCUT2D eigenvalue weighted by Gasteiger charge is -2.08. The predicted octanol–water partition coefficient (Wildman–Crippen LogP) is 4.32. The molecule has 0 aliphatic rings. The number of aryl methyl sites for hydroxylation is 1. The maximum Gasteiger partial charge on any atom is 0.269 e. The molecule has 0 radical (unpaired) electrons. The van der Waals surface area contributed by atoms with Crippen molar-refractivity contribution in [2.24, 2.45) is 7.05 Å². The topological polar surface area (TPSA) is 121 Å². The highest BCUT2D eigenvalue weighted by Crippen LogP contribution is 2.34. The number of benzene rings is 2. The molecule has 0 spiro atoms. The summed E-state index contributed by atoms with van der Waals surface area (Å²) in [7, 11) is 4.90. The number of nitro benzene ring substituents is 1. The summed E-state index contributed by atoms with van der Waals surface area (Å²) in [6.45, 7) is 0. The minimum absolute atomic E-state index is 0.0173. The van der Waals surface area contributed by atoms with E-state index in [1.54, 1.807) is 44.1 Å². The average Bonchev–Trinajstić information content (AvgIpc) is 3.46. The molecule has 10 nitrogen and oxygen atoms in total. The molecule has 0 bridgehead atoms. The summed E-state index contributed by atoms with van der Waals surface area (Å²) in [4.78, 5) is 27.5. The van der Waals surface area contributed by atoms with E-state index in [2.05, 4.69) is 15.4 Å². The average molecular weight is 480 g/mol. The Morgan fingerprint density at radius 1 is 1.09 bits per heavy atom. The van der Waals surface area contributed by atoms with E-state index in [1.165, 1.54) is 23.5 Å². The van der Waals surface area contributed by atoms with Crippen LogP contribution in [0.25, 0.3) is 22.0 Å². The molecular formula is C23H21N5O5S. The number of nitrogens with zero attached hydrogens (tertiary/aromatic N) is 4. The molecule has 0 saturated carbocycles. The predicted molar refractivity (Wildman–Crippen MR) is 128 cm³/mol. The molecule has 4 aromatic rings. The number of nitrogens with one attached hydrogen (secondary N) is 1. The Morgan fingerprint density at radius 2 is 1.82 bits per heavy atom. The summed E-state index contributed by atoms with van der Waals surface area (Å²) in [5.74, 6) is 1.52. The highest BCUT2D eigenvalue weighted by Gasteiger charge is 2.15. The van der Waals surface area contributed by atoms with Gasteiger partial charge < -0.3 is 14.8 Å². The zero-order chi connectivity index (χ0) is 24.2. The highest BCUT2D eigenvalue weighted by atomic mass is 32.1. The van der Waals surface area contributed by atoms with Crippen molar-refractivity contribution in [2.75, 3.05) is 19.5 Å². The monoisotopic (exact) mass is 479 g/mol. The number of carbonyl (C=O) groups is 1. The maximum atomic E-state index is 12.5. The Kier molecular flexibility index (Phi) is 6.55. The van der Waals surface area contributed by atoms with Crippen LogP contribution in [0.5, 0.6) is 11.5 Å². The Bertz CT molecular complexity index is 1350. The molecule has 0 unspecified atom stereocenters. The Morgan fingerprint density at radius 3 is 2.50 bits per heavy atom. The fraction of sp³-hybridized carbons (Fsp3) is 0.174. The van der Waals surface area contributed by atoms with Crippen LogP contribution in [0, 0.1) is 10.1 Å². The van der Waals surface area contributed by atoms with E-state index in [0.717, 1.165) is 11.3 Å². The third-order valence-corrected chi connectivity index (χ3v) is 5.93. The third kappa shape index (κ3) is 4.89. The molecule has 4 rings (SSSR count). The first-order valence-corrected chi connectivity index (χ1v) is 11.0. The van der Waals surface area contributed by atoms with Gasteiger partial charge in [-0.3, -0.25) is 19.6 Å². The van der Waals surface area contributed by atoms with E-state index in [-0.39, 0.29) is 18.0 Å². The molecule has 0 saturated heterocycles. The molecule has 174 valence electrons. The van der Waals surface area contributed by atoms with Gasteiger partial charge in [-0.15, -0.1) is 11.3 Å². The van der Waals surface area contributed by atoms with E-state index >= 15 is 0 Å². The number of hydrogen-bond acceptors (Lipinski definition) is 8. The SMILES string of the molecule is COc1ccc(-c2csc(-c3cc(NC(=O)Cc4ccc([N+](=O)[O-])cc4)n(C)n3)n2)cc1OC. The highest BCUT2D eigenvalue weighted by molar-refractivity contribution is 7.13. The van der Waals surface area contributed by atoms with Crippen LogP contribution in [0.2, 0.25) is 0 Å². The molecule has 1 amide bonds. The number of anilines is 1. The molecule has 2 aromatic carbocycles. The van der Waals surface area contributed by atoms with E-state index in [0.29, 0.717) is 33.6 Å². The van der Waals surface area contributed by atoms with E-state index in [9.17, 15) is 14.9 Å². The minimum Gasteiger partial charge on any atom is -0.493 e. The largest absolute Gasteiger partial charge is 0.493 e. The number of non-ortho nitro benzene ring substituents is 1. The fourth-order valence-corrected chi connectivity index (χ4v) is 4.10. The van der Waals surface area contributed by atoms with Gasteiger partial charge in [0.1, 0.15) is 16.5 Å². The van der Waals surface area contributed by atoms with Gasteiger partial charge in [-0.2, -0.15) is 5.10 Å².